The predicted octanol–water partition coefficient (Wildman–Crippen LogP) is 4.09. The third-order valence-electron chi connectivity index (χ3n) is 3.16. The van der Waals surface area contributed by atoms with Crippen molar-refractivity contribution in [1.29, 1.82) is 0 Å². The topological polar surface area (TPSA) is 52.3 Å². The van der Waals surface area contributed by atoms with Gasteiger partial charge in [0.1, 0.15) is 17.2 Å². The predicted molar refractivity (Wildman–Crippen MR) is 81.4 cm³/mol. The molecule has 0 bridgehead atoms. The second kappa shape index (κ2) is 5.50. The number of benzene rings is 1. The van der Waals surface area contributed by atoms with Gasteiger partial charge in [-0.2, -0.15) is 19.6 Å². The molecule has 0 aliphatic heterocycles. The highest BCUT2D eigenvalue weighted by atomic mass is 35.5. The molecule has 7 heteroatoms. The van der Waals surface area contributed by atoms with Gasteiger partial charge >= 0.3 is 0 Å². The lowest BCUT2D eigenvalue weighted by molar-refractivity contribution is 0.441. The van der Waals surface area contributed by atoms with E-state index in [4.69, 9.17) is 27.9 Å². The first kappa shape index (κ1) is 14.1. The fourth-order valence-corrected chi connectivity index (χ4v) is 2.40. The summed E-state index contributed by atoms with van der Waals surface area (Å²) in [5.74, 6) is 1.55. The highest BCUT2D eigenvalue weighted by Crippen LogP contribution is 2.30. The molecule has 0 saturated heterocycles. The Labute approximate surface area is 131 Å². The van der Waals surface area contributed by atoms with Crippen molar-refractivity contribution in [2.45, 2.75) is 20.3 Å². The number of fused-ring (bicyclic) bond motifs is 1. The molecule has 0 radical (unpaired) electrons. The zero-order valence-corrected chi connectivity index (χ0v) is 13.0. The van der Waals surface area contributed by atoms with Crippen LogP contribution >= 0.6 is 23.2 Å². The standard InChI is InChI=1S/C14H12Cl2N4O/c1-3-9-6-10(4-5-11(9)15)21-13-8(2)12(16)19-14-17-7-18-20(13)14/h4-7H,3H2,1-2H3. The van der Waals surface area contributed by atoms with E-state index in [1.54, 1.807) is 6.07 Å². The SMILES string of the molecule is CCc1cc(Oc2c(C)c(Cl)nc3ncnn23)ccc1Cl. The Morgan fingerprint density at radius 3 is 2.86 bits per heavy atom. The molecule has 2 aromatic heterocycles. The maximum atomic E-state index is 6.12. The number of aromatic nitrogens is 4. The largest absolute Gasteiger partial charge is 0.438 e. The van der Waals surface area contributed by atoms with Gasteiger partial charge in [-0.15, -0.1) is 0 Å². The lowest BCUT2D eigenvalue weighted by Gasteiger charge is -2.12. The highest BCUT2D eigenvalue weighted by Gasteiger charge is 2.14. The van der Waals surface area contributed by atoms with Gasteiger partial charge in [0.15, 0.2) is 0 Å². The van der Waals surface area contributed by atoms with Gasteiger partial charge in [-0.25, -0.2) is 0 Å². The lowest BCUT2D eigenvalue weighted by atomic mass is 10.1. The molecule has 0 spiro atoms. The Balaban J connectivity index is 2.09. The number of halogens is 2. The summed E-state index contributed by atoms with van der Waals surface area (Å²) in [6.45, 7) is 3.86. The second-order valence-electron chi connectivity index (χ2n) is 4.51. The minimum atomic E-state index is 0.343. The summed E-state index contributed by atoms with van der Waals surface area (Å²) in [5, 5.41) is 5.18. The van der Waals surface area contributed by atoms with Gasteiger partial charge in [0.05, 0.1) is 0 Å². The minimum Gasteiger partial charge on any atom is -0.438 e. The smallest absolute Gasteiger partial charge is 0.256 e. The van der Waals surface area contributed by atoms with Crippen LogP contribution in [0.3, 0.4) is 0 Å². The van der Waals surface area contributed by atoms with Crippen LogP contribution in [0.1, 0.15) is 18.1 Å². The van der Waals surface area contributed by atoms with E-state index < -0.39 is 0 Å². The van der Waals surface area contributed by atoms with Crippen molar-refractivity contribution >= 4 is 29.0 Å². The number of aryl methyl sites for hydroxylation is 1. The normalized spacial score (nSPS) is 11.0. The summed E-state index contributed by atoms with van der Waals surface area (Å²) in [6, 6.07) is 5.52. The van der Waals surface area contributed by atoms with E-state index in [-0.39, 0.29) is 0 Å². The highest BCUT2D eigenvalue weighted by molar-refractivity contribution is 6.31. The van der Waals surface area contributed by atoms with E-state index >= 15 is 0 Å². The van der Waals surface area contributed by atoms with Crippen LogP contribution in [0.2, 0.25) is 10.2 Å². The van der Waals surface area contributed by atoms with E-state index in [1.165, 1.54) is 10.8 Å². The Bertz CT molecular complexity index is 816. The second-order valence-corrected chi connectivity index (χ2v) is 5.28. The molecule has 0 aliphatic carbocycles. The van der Waals surface area contributed by atoms with Crippen LogP contribution in [0.15, 0.2) is 24.5 Å². The third-order valence-corrected chi connectivity index (χ3v) is 3.90. The molecule has 3 aromatic rings. The minimum absolute atomic E-state index is 0.343. The number of nitrogens with zero attached hydrogens (tertiary/aromatic N) is 4. The third kappa shape index (κ3) is 2.54. The van der Waals surface area contributed by atoms with Crippen molar-refractivity contribution in [2.75, 3.05) is 0 Å². The van der Waals surface area contributed by atoms with Gasteiger partial charge in [0.25, 0.3) is 5.78 Å². The summed E-state index contributed by atoms with van der Waals surface area (Å²) >= 11 is 12.2. The molecule has 0 atom stereocenters. The van der Waals surface area contributed by atoms with Crippen LogP contribution in [0, 0.1) is 6.92 Å². The molecular formula is C14H12Cl2N4O. The van der Waals surface area contributed by atoms with Crippen molar-refractivity contribution in [1.82, 2.24) is 19.6 Å². The van der Waals surface area contributed by atoms with Gasteiger partial charge in [0, 0.05) is 10.6 Å². The van der Waals surface area contributed by atoms with E-state index in [0.717, 1.165) is 17.0 Å². The van der Waals surface area contributed by atoms with Gasteiger partial charge in [0.2, 0.25) is 5.88 Å². The molecule has 0 amide bonds. The molecule has 21 heavy (non-hydrogen) atoms. The van der Waals surface area contributed by atoms with Crippen LogP contribution in [-0.4, -0.2) is 19.6 Å². The Kier molecular flexibility index (Phi) is 3.69. The quantitative estimate of drug-likeness (QED) is 0.681. The summed E-state index contributed by atoms with van der Waals surface area (Å²) in [6.07, 6.45) is 2.23. The van der Waals surface area contributed by atoms with Crippen LogP contribution in [-0.2, 0) is 6.42 Å². The van der Waals surface area contributed by atoms with E-state index in [2.05, 4.69) is 15.1 Å². The Morgan fingerprint density at radius 1 is 1.29 bits per heavy atom. The maximum absolute atomic E-state index is 6.12. The molecular weight excluding hydrogens is 311 g/mol. The number of hydrogen-bond donors (Lipinski definition) is 0. The Hall–Kier alpha value is -1.85. The fourth-order valence-electron chi connectivity index (χ4n) is 1.99. The van der Waals surface area contributed by atoms with Crippen LogP contribution in [0.5, 0.6) is 11.6 Å². The van der Waals surface area contributed by atoms with E-state index in [0.29, 0.717) is 28.1 Å². The first-order valence-corrected chi connectivity index (χ1v) is 7.18. The summed E-state index contributed by atoms with van der Waals surface area (Å²) < 4.78 is 7.45. The van der Waals surface area contributed by atoms with Gasteiger partial charge in [-0.1, -0.05) is 30.1 Å². The monoisotopic (exact) mass is 322 g/mol. The Morgan fingerprint density at radius 2 is 2.10 bits per heavy atom. The average Bonchev–Trinajstić information content (AvgIpc) is 2.93. The lowest BCUT2D eigenvalue weighted by Crippen LogP contribution is -2.01. The first-order chi connectivity index (χ1) is 10.1. The number of hydrogen-bond acceptors (Lipinski definition) is 4. The zero-order chi connectivity index (χ0) is 15.0. The van der Waals surface area contributed by atoms with Crippen molar-refractivity contribution in [3.8, 4) is 11.6 Å². The number of ether oxygens (including phenoxy) is 1. The van der Waals surface area contributed by atoms with Crippen molar-refractivity contribution in [3.05, 3.63) is 45.8 Å². The summed E-state index contributed by atoms with van der Waals surface area (Å²) in [7, 11) is 0. The van der Waals surface area contributed by atoms with Gasteiger partial charge in [-0.05, 0) is 37.1 Å². The first-order valence-electron chi connectivity index (χ1n) is 6.42. The summed E-state index contributed by atoms with van der Waals surface area (Å²) in [4.78, 5) is 8.16. The van der Waals surface area contributed by atoms with Gasteiger partial charge < -0.3 is 4.74 Å². The molecule has 0 unspecified atom stereocenters. The molecule has 108 valence electrons. The van der Waals surface area contributed by atoms with Crippen LogP contribution in [0.25, 0.3) is 5.78 Å². The molecule has 0 fully saturated rings. The molecule has 0 aliphatic rings. The molecule has 2 heterocycles. The van der Waals surface area contributed by atoms with Crippen molar-refractivity contribution < 1.29 is 4.74 Å². The zero-order valence-electron chi connectivity index (χ0n) is 11.5. The van der Waals surface area contributed by atoms with Crippen LogP contribution < -0.4 is 4.74 Å². The van der Waals surface area contributed by atoms with E-state index in [1.807, 2.05) is 26.0 Å². The molecule has 1 aromatic carbocycles. The van der Waals surface area contributed by atoms with Crippen molar-refractivity contribution in [2.24, 2.45) is 0 Å². The molecule has 0 N–H and O–H groups in total. The molecule has 0 saturated carbocycles. The van der Waals surface area contributed by atoms with E-state index in [9.17, 15) is 0 Å². The van der Waals surface area contributed by atoms with Crippen molar-refractivity contribution in [3.63, 3.8) is 0 Å². The average molecular weight is 323 g/mol. The fraction of sp³-hybridized carbons (Fsp3) is 0.214. The van der Waals surface area contributed by atoms with Crippen LogP contribution in [0.4, 0.5) is 0 Å². The maximum Gasteiger partial charge on any atom is 0.256 e. The summed E-state index contributed by atoms with van der Waals surface area (Å²) in [5.41, 5.74) is 1.71. The molecule has 3 rings (SSSR count). The van der Waals surface area contributed by atoms with Gasteiger partial charge in [-0.3, -0.25) is 0 Å². The number of rotatable bonds is 3. The molecule has 5 nitrogen and oxygen atoms in total.